The van der Waals surface area contributed by atoms with Crippen LogP contribution < -0.4 is 4.74 Å². The number of rotatable bonds is 6. The summed E-state index contributed by atoms with van der Waals surface area (Å²) in [4.78, 5) is 0. The molecule has 1 saturated heterocycles. The molecule has 1 N–H and O–H groups in total. The topological polar surface area (TPSA) is 38.7 Å². The average Bonchev–Trinajstić information content (AvgIpc) is 2.46. The molecule has 1 aromatic rings. The van der Waals surface area contributed by atoms with E-state index in [-0.39, 0.29) is 6.10 Å². The zero-order valence-electron chi connectivity index (χ0n) is 12.6. The Kier molecular flexibility index (Phi) is 5.44. The van der Waals surface area contributed by atoms with Gasteiger partial charge >= 0.3 is 0 Å². The minimum atomic E-state index is -0.817. The second-order valence-electron chi connectivity index (χ2n) is 5.61. The monoisotopic (exact) mass is 278 g/mol. The number of hydrogen-bond donors (Lipinski definition) is 1. The van der Waals surface area contributed by atoms with E-state index in [0.717, 1.165) is 30.6 Å². The Bertz CT molecular complexity index is 416. The standard InChI is InChI=1S/C17H26O3/c1-3-7-14-13-17(18,10-12-19-14)15-8-5-6-9-16(15)20-11-4-2/h5-6,8-9,14,18H,3-4,7,10-13H2,1-2H3. The first-order chi connectivity index (χ1) is 9.69. The van der Waals surface area contributed by atoms with E-state index in [1.807, 2.05) is 24.3 Å². The molecular weight excluding hydrogens is 252 g/mol. The molecule has 2 rings (SSSR count). The van der Waals surface area contributed by atoms with Crippen LogP contribution in [0.2, 0.25) is 0 Å². The first-order valence-electron chi connectivity index (χ1n) is 7.76. The van der Waals surface area contributed by atoms with Crippen molar-refractivity contribution in [3.05, 3.63) is 29.8 Å². The fourth-order valence-electron chi connectivity index (χ4n) is 2.87. The lowest BCUT2D eigenvalue weighted by Gasteiger charge is -2.38. The maximum Gasteiger partial charge on any atom is 0.125 e. The van der Waals surface area contributed by atoms with E-state index in [2.05, 4.69) is 13.8 Å². The van der Waals surface area contributed by atoms with Gasteiger partial charge in [-0.2, -0.15) is 0 Å². The van der Waals surface area contributed by atoms with Gasteiger partial charge in [0, 0.05) is 18.4 Å². The third kappa shape index (κ3) is 3.53. The van der Waals surface area contributed by atoms with E-state index in [1.165, 1.54) is 0 Å². The summed E-state index contributed by atoms with van der Waals surface area (Å²) in [5.74, 6) is 0.814. The summed E-state index contributed by atoms with van der Waals surface area (Å²) in [6, 6.07) is 7.86. The van der Waals surface area contributed by atoms with Crippen molar-refractivity contribution < 1.29 is 14.6 Å². The Morgan fingerprint density at radius 2 is 2.10 bits per heavy atom. The molecule has 2 unspecified atom stereocenters. The number of para-hydroxylation sites is 1. The Morgan fingerprint density at radius 3 is 2.85 bits per heavy atom. The van der Waals surface area contributed by atoms with Gasteiger partial charge in [0.15, 0.2) is 0 Å². The van der Waals surface area contributed by atoms with Crippen LogP contribution in [0.1, 0.15) is 51.5 Å². The molecular formula is C17H26O3. The Morgan fingerprint density at radius 1 is 1.30 bits per heavy atom. The maximum atomic E-state index is 11.1. The lowest BCUT2D eigenvalue weighted by molar-refractivity contribution is -0.110. The molecule has 1 aromatic carbocycles. The summed E-state index contributed by atoms with van der Waals surface area (Å²) in [6.45, 7) is 5.53. The fourth-order valence-corrected chi connectivity index (χ4v) is 2.87. The molecule has 0 amide bonds. The lowest BCUT2D eigenvalue weighted by Crippen LogP contribution is -2.38. The van der Waals surface area contributed by atoms with Crippen LogP contribution in [0.4, 0.5) is 0 Å². The second kappa shape index (κ2) is 7.09. The summed E-state index contributed by atoms with van der Waals surface area (Å²) < 4.78 is 11.6. The van der Waals surface area contributed by atoms with Crippen molar-refractivity contribution in [2.24, 2.45) is 0 Å². The van der Waals surface area contributed by atoms with Gasteiger partial charge in [-0.1, -0.05) is 38.5 Å². The van der Waals surface area contributed by atoms with E-state index >= 15 is 0 Å². The first kappa shape index (κ1) is 15.3. The van der Waals surface area contributed by atoms with Gasteiger partial charge in [-0.25, -0.2) is 0 Å². The Hall–Kier alpha value is -1.06. The number of benzene rings is 1. The zero-order chi connectivity index (χ0) is 14.4. The molecule has 0 aliphatic carbocycles. The molecule has 0 radical (unpaired) electrons. The molecule has 0 aromatic heterocycles. The zero-order valence-corrected chi connectivity index (χ0v) is 12.6. The molecule has 112 valence electrons. The highest BCUT2D eigenvalue weighted by atomic mass is 16.5. The summed E-state index contributed by atoms with van der Waals surface area (Å²) >= 11 is 0. The maximum absolute atomic E-state index is 11.1. The van der Waals surface area contributed by atoms with Crippen LogP contribution in [0.15, 0.2) is 24.3 Å². The summed E-state index contributed by atoms with van der Waals surface area (Å²) in [5, 5.41) is 11.1. The van der Waals surface area contributed by atoms with E-state index in [1.54, 1.807) is 0 Å². The molecule has 1 fully saturated rings. The van der Waals surface area contributed by atoms with Crippen molar-refractivity contribution in [1.82, 2.24) is 0 Å². The molecule has 0 bridgehead atoms. The quantitative estimate of drug-likeness (QED) is 0.863. The highest BCUT2D eigenvalue weighted by Crippen LogP contribution is 2.40. The minimum absolute atomic E-state index is 0.151. The molecule has 1 aliphatic rings. The molecule has 1 aliphatic heterocycles. The molecule has 0 spiro atoms. The van der Waals surface area contributed by atoms with Crippen molar-refractivity contribution >= 4 is 0 Å². The van der Waals surface area contributed by atoms with E-state index in [9.17, 15) is 5.11 Å². The van der Waals surface area contributed by atoms with Crippen molar-refractivity contribution in [2.75, 3.05) is 13.2 Å². The van der Waals surface area contributed by atoms with Crippen LogP contribution in [0, 0.1) is 0 Å². The van der Waals surface area contributed by atoms with Crippen LogP contribution in [-0.4, -0.2) is 24.4 Å². The van der Waals surface area contributed by atoms with Gasteiger partial charge in [0.05, 0.1) is 24.9 Å². The fraction of sp³-hybridized carbons (Fsp3) is 0.647. The Balaban J connectivity index is 2.19. The van der Waals surface area contributed by atoms with Crippen molar-refractivity contribution in [2.45, 2.75) is 57.7 Å². The van der Waals surface area contributed by atoms with E-state index in [4.69, 9.17) is 9.47 Å². The van der Waals surface area contributed by atoms with Gasteiger partial charge in [0.1, 0.15) is 5.75 Å². The second-order valence-corrected chi connectivity index (χ2v) is 5.61. The smallest absolute Gasteiger partial charge is 0.125 e. The van der Waals surface area contributed by atoms with Gasteiger partial charge in [-0.05, 0) is 18.9 Å². The van der Waals surface area contributed by atoms with Crippen molar-refractivity contribution in [1.29, 1.82) is 0 Å². The van der Waals surface area contributed by atoms with Crippen LogP contribution in [0.3, 0.4) is 0 Å². The first-order valence-corrected chi connectivity index (χ1v) is 7.76. The average molecular weight is 278 g/mol. The largest absolute Gasteiger partial charge is 0.493 e. The van der Waals surface area contributed by atoms with E-state index < -0.39 is 5.60 Å². The predicted molar refractivity (Wildman–Crippen MR) is 80.0 cm³/mol. The molecule has 1 heterocycles. The molecule has 20 heavy (non-hydrogen) atoms. The number of ether oxygens (including phenoxy) is 2. The van der Waals surface area contributed by atoms with Crippen LogP contribution in [0.5, 0.6) is 5.75 Å². The Labute approximate surface area is 121 Å². The molecule has 3 heteroatoms. The molecule has 0 saturated carbocycles. The van der Waals surface area contributed by atoms with Crippen LogP contribution in [-0.2, 0) is 10.3 Å². The number of aliphatic hydroxyl groups is 1. The van der Waals surface area contributed by atoms with Crippen molar-refractivity contribution in [3.8, 4) is 5.75 Å². The van der Waals surface area contributed by atoms with Gasteiger partial charge in [-0.3, -0.25) is 0 Å². The summed E-state index contributed by atoms with van der Waals surface area (Å²) in [6.07, 6.45) is 4.49. The van der Waals surface area contributed by atoms with Gasteiger partial charge in [0.25, 0.3) is 0 Å². The summed E-state index contributed by atoms with van der Waals surface area (Å²) in [5.41, 5.74) is 0.0976. The van der Waals surface area contributed by atoms with Gasteiger partial charge in [0.2, 0.25) is 0 Å². The van der Waals surface area contributed by atoms with Gasteiger partial charge < -0.3 is 14.6 Å². The molecule has 3 nitrogen and oxygen atoms in total. The summed E-state index contributed by atoms with van der Waals surface area (Å²) in [7, 11) is 0. The highest BCUT2D eigenvalue weighted by Gasteiger charge is 2.38. The SMILES string of the molecule is CCCOc1ccccc1C1(O)CCOC(CCC)C1. The minimum Gasteiger partial charge on any atom is -0.493 e. The van der Waals surface area contributed by atoms with Crippen molar-refractivity contribution in [3.63, 3.8) is 0 Å². The third-order valence-corrected chi connectivity index (χ3v) is 3.90. The van der Waals surface area contributed by atoms with Crippen LogP contribution >= 0.6 is 0 Å². The highest BCUT2D eigenvalue weighted by molar-refractivity contribution is 5.38. The van der Waals surface area contributed by atoms with Crippen LogP contribution in [0.25, 0.3) is 0 Å². The van der Waals surface area contributed by atoms with E-state index in [0.29, 0.717) is 26.1 Å². The molecule has 2 atom stereocenters. The lowest BCUT2D eigenvalue weighted by atomic mass is 9.82. The predicted octanol–water partition coefficient (Wildman–Crippen LogP) is 3.64. The third-order valence-electron chi connectivity index (χ3n) is 3.90. The normalized spacial score (nSPS) is 26.4. The van der Waals surface area contributed by atoms with Gasteiger partial charge in [-0.15, -0.1) is 0 Å². The number of hydrogen-bond acceptors (Lipinski definition) is 3.